The topological polar surface area (TPSA) is 21.3 Å². The SMILES string of the molecule is CNC(c1ccc(OC)cc1Cl)c1cc(I)ccc1Br. The highest BCUT2D eigenvalue weighted by Crippen LogP contribution is 2.34. The van der Waals surface area contributed by atoms with Crippen molar-refractivity contribution < 1.29 is 4.74 Å². The molecule has 1 N–H and O–H groups in total. The molecular formula is C15H14BrClINO. The molecule has 2 rings (SSSR count). The molecule has 0 spiro atoms. The molecule has 0 radical (unpaired) electrons. The molecule has 106 valence electrons. The van der Waals surface area contributed by atoms with E-state index >= 15 is 0 Å². The summed E-state index contributed by atoms with van der Waals surface area (Å²) in [6, 6.07) is 12.0. The highest BCUT2D eigenvalue weighted by atomic mass is 127. The second-order valence-electron chi connectivity index (χ2n) is 4.27. The van der Waals surface area contributed by atoms with Gasteiger partial charge in [-0.25, -0.2) is 0 Å². The quantitative estimate of drug-likeness (QED) is 0.639. The summed E-state index contributed by atoms with van der Waals surface area (Å²) < 4.78 is 7.44. The van der Waals surface area contributed by atoms with Gasteiger partial charge in [-0.15, -0.1) is 0 Å². The fraction of sp³-hybridized carbons (Fsp3) is 0.200. The molecule has 1 atom stereocenters. The Morgan fingerprint density at radius 3 is 2.55 bits per heavy atom. The lowest BCUT2D eigenvalue weighted by Crippen LogP contribution is -2.18. The fourth-order valence-corrected chi connectivity index (χ4v) is 3.35. The van der Waals surface area contributed by atoms with Gasteiger partial charge in [-0.3, -0.25) is 0 Å². The zero-order valence-electron chi connectivity index (χ0n) is 11.1. The first-order chi connectivity index (χ1) is 9.56. The van der Waals surface area contributed by atoms with E-state index in [9.17, 15) is 0 Å². The van der Waals surface area contributed by atoms with E-state index in [4.69, 9.17) is 16.3 Å². The average molecular weight is 467 g/mol. The van der Waals surface area contributed by atoms with Gasteiger partial charge in [-0.05, 0) is 71.1 Å². The normalized spacial score (nSPS) is 12.2. The molecule has 0 aromatic heterocycles. The van der Waals surface area contributed by atoms with Crippen LogP contribution in [0.15, 0.2) is 40.9 Å². The van der Waals surface area contributed by atoms with Crippen LogP contribution >= 0.6 is 50.1 Å². The largest absolute Gasteiger partial charge is 0.497 e. The van der Waals surface area contributed by atoms with Crippen molar-refractivity contribution >= 4 is 50.1 Å². The molecule has 0 aliphatic heterocycles. The van der Waals surface area contributed by atoms with E-state index in [1.54, 1.807) is 7.11 Å². The van der Waals surface area contributed by atoms with Gasteiger partial charge in [0.25, 0.3) is 0 Å². The molecule has 0 saturated heterocycles. The molecule has 0 saturated carbocycles. The van der Waals surface area contributed by atoms with Crippen LogP contribution in [0, 0.1) is 3.57 Å². The highest BCUT2D eigenvalue weighted by Gasteiger charge is 2.18. The lowest BCUT2D eigenvalue weighted by molar-refractivity contribution is 0.414. The minimum Gasteiger partial charge on any atom is -0.497 e. The minimum atomic E-state index is 0.0255. The molecule has 0 aliphatic carbocycles. The van der Waals surface area contributed by atoms with Gasteiger partial charge in [0.15, 0.2) is 0 Å². The number of benzene rings is 2. The number of nitrogens with one attached hydrogen (secondary N) is 1. The van der Waals surface area contributed by atoms with Crippen LogP contribution in [0.1, 0.15) is 17.2 Å². The van der Waals surface area contributed by atoms with Crippen molar-refractivity contribution in [2.75, 3.05) is 14.2 Å². The maximum Gasteiger partial charge on any atom is 0.120 e. The van der Waals surface area contributed by atoms with E-state index < -0.39 is 0 Å². The molecular weight excluding hydrogens is 452 g/mol. The third-order valence-corrected chi connectivity index (χ3v) is 4.80. The molecule has 20 heavy (non-hydrogen) atoms. The summed E-state index contributed by atoms with van der Waals surface area (Å²) in [6.07, 6.45) is 0. The van der Waals surface area contributed by atoms with Crippen LogP contribution in [0.25, 0.3) is 0 Å². The molecule has 0 amide bonds. The number of ether oxygens (including phenoxy) is 1. The highest BCUT2D eigenvalue weighted by molar-refractivity contribution is 14.1. The van der Waals surface area contributed by atoms with Crippen molar-refractivity contribution in [3.05, 3.63) is 60.6 Å². The number of rotatable bonds is 4. The first-order valence-electron chi connectivity index (χ1n) is 6.02. The van der Waals surface area contributed by atoms with E-state index in [-0.39, 0.29) is 6.04 Å². The molecule has 2 nitrogen and oxygen atoms in total. The summed E-state index contributed by atoms with van der Waals surface area (Å²) in [7, 11) is 3.56. The predicted octanol–water partition coefficient (Wildman–Crippen LogP) is 5.02. The summed E-state index contributed by atoms with van der Waals surface area (Å²) in [5.41, 5.74) is 2.18. The van der Waals surface area contributed by atoms with Gasteiger partial charge in [-0.1, -0.05) is 33.6 Å². The van der Waals surface area contributed by atoms with Crippen LogP contribution in [0.5, 0.6) is 5.75 Å². The Labute approximate surface area is 146 Å². The van der Waals surface area contributed by atoms with E-state index in [0.29, 0.717) is 5.02 Å². The molecule has 0 bridgehead atoms. The summed E-state index contributed by atoms with van der Waals surface area (Å²) in [5.74, 6) is 0.760. The third kappa shape index (κ3) is 3.47. The van der Waals surface area contributed by atoms with Gasteiger partial charge in [0.2, 0.25) is 0 Å². The first-order valence-corrected chi connectivity index (χ1v) is 8.27. The second kappa shape index (κ2) is 7.11. The summed E-state index contributed by atoms with van der Waals surface area (Å²) >= 11 is 12.3. The number of hydrogen-bond acceptors (Lipinski definition) is 2. The Morgan fingerprint density at radius 1 is 1.20 bits per heavy atom. The Kier molecular flexibility index (Phi) is 5.72. The van der Waals surface area contributed by atoms with E-state index in [2.05, 4.69) is 62.0 Å². The number of halogens is 3. The molecule has 2 aromatic rings. The summed E-state index contributed by atoms with van der Waals surface area (Å²) in [6.45, 7) is 0. The summed E-state index contributed by atoms with van der Waals surface area (Å²) in [5, 5.41) is 4.01. The van der Waals surface area contributed by atoms with Crippen molar-refractivity contribution in [2.24, 2.45) is 0 Å². The molecule has 1 unspecified atom stereocenters. The van der Waals surface area contributed by atoms with Crippen LogP contribution in [0.2, 0.25) is 5.02 Å². The Bertz CT molecular complexity index is 621. The average Bonchev–Trinajstić information content (AvgIpc) is 2.44. The zero-order chi connectivity index (χ0) is 14.7. The Hall–Kier alpha value is -0.300. The molecule has 5 heteroatoms. The van der Waals surface area contributed by atoms with Gasteiger partial charge in [0.05, 0.1) is 13.2 Å². The van der Waals surface area contributed by atoms with Crippen LogP contribution in [0.4, 0.5) is 0 Å². The Balaban J connectivity index is 2.49. The Morgan fingerprint density at radius 2 is 1.95 bits per heavy atom. The predicted molar refractivity (Wildman–Crippen MR) is 95.8 cm³/mol. The maximum absolute atomic E-state index is 6.39. The van der Waals surface area contributed by atoms with Gasteiger partial charge in [0, 0.05) is 13.1 Å². The van der Waals surface area contributed by atoms with Gasteiger partial charge in [0.1, 0.15) is 5.75 Å². The smallest absolute Gasteiger partial charge is 0.120 e. The lowest BCUT2D eigenvalue weighted by Gasteiger charge is -2.20. The van der Waals surface area contributed by atoms with Crippen molar-refractivity contribution in [3.63, 3.8) is 0 Å². The third-order valence-electron chi connectivity index (χ3n) is 3.08. The number of hydrogen-bond donors (Lipinski definition) is 1. The lowest BCUT2D eigenvalue weighted by atomic mass is 9.98. The van der Waals surface area contributed by atoms with Crippen molar-refractivity contribution in [1.82, 2.24) is 5.32 Å². The van der Waals surface area contributed by atoms with Gasteiger partial charge in [-0.2, -0.15) is 0 Å². The second-order valence-corrected chi connectivity index (χ2v) is 6.78. The monoisotopic (exact) mass is 465 g/mol. The van der Waals surface area contributed by atoms with Gasteiger partial charge < -0.3 is 10.1 Å². The van der Waals surface area contributed by atoms with E-state index in [0.717, 1.165) is 21.3 Å². The van der Waals surface area contributed by atoms with Gasteiger partial charge >= 0.3 is 0 Å². The maximum atomic E-state index is 6.39. The van der Waals surface area contributed by atoms with Crippen LogP contribution in [0.3, 0.4) is 0 Å². The standard InChI is InChI=1S/C15H14BrClINO/c1-19-15(12-7-9(18)3-6-13(12)16)11-5-4-10(20-2)8-14(11)17/h3-8,15,19H,1-2H3. The van der Waals surface area contributed by atoms with Crippen LogP contribution < -0.4 is 10.1 Å². The molecule has 2 aromatic carbocycles. The fourth-order valence-electron chi connectivity index (χ4n) is 2.08. The summed E-state index contributed by atoms with van der Waals surface area (Å²) in [4.78, 5) is 0. The van der Waals surface area contributed by atoms with Crippen molar-refractivity contribution in [1.29, 1.82) is 0 Å². The number of methoxy groups -OCH3 is 1. The molecule has 0 fully saturated rings. The first kappa shape index (κ1) is 16.1. The van der Waals surface area contributed by atoms with E-state index in [1.165, 1.54) is 3.57 Å². The van der Waals surface area contributed by atoms with Crippen molar-refractivity contribution in [2.45, 2.75) is 6.04 Å². The zero-order valence-corrected chi connectivity index (χ0v) is 15.6. The molecule has 0 heterocycles. The molecule has 0 aliphatic rings. The van der Waals surface area contributed by atoms with Crippen molar-refractivity contribution in [3.8, 4) is 5.75 Å². The minimum absolute atomic E-state index is 0.0255. The van der Waals surface area contributed by atoms with E-state index in [1.807, 2.05) is 25.2 Å². The van der Waals surface area contributed by atoms with Crippen LogP contribution in [-0.2, 0) is 0 Å². The van der Waals surface area contributed by atoms with Crippen LogP contribution in [-0.4, -0.2) is 14.2 Å².